The molecule has 1 aliphatic carbocycles. The molecule has 0 aliphatic heterocycles. The first kappa shape index (κ1) is 13.1. The minimum absolute atomic E-state index is 0.00477. The van der Waals surface area contributed by atoms with Crippen molar-refractivity contribution in [3.05, 3.63) is 59.4 Å². The number of anilines is 1. The Balaban J connectivity index is 2.01. The maximum absolute atomic E-state index is 6.11. The highest BCUT2D eigenvalue weighted by atomic mass is 15.2. The zero-order chi connectivity index (χ0) is 13.9. The van der Waals surface area contributed by atoms with E-state index in [1.54, 1.807) is 0 Å². The molecule has 0 radical (unpaired) electrons. The number of para-hydroxylation sites is 1. The lowest BCUT2D eigenvalue weighted by Gasteiger charge is -2.31. The van der Waals surface area contributed by atoms with E-state index in [9.17, 15) is 0 Å². The van der Waals surface area contributed by atoms with Crippen LogP contribution >= 0.6 is 0 Å². The summed E-state index contributed by atoms with van der Waals surface area (Å²) in [4.78, 5) is 4.59. The van der Waals surface area contributed by atoms with Crippen LogP contribution in [0.2, 0.25) is 0 Å². The van der Waals surface area contributed by atoms with Crippen LogP contribution in [0, 0.1) is 0 Å². The monoisotopic (exact) mass is 268 g/mol. The number of fused-ring (bicyclic) bond motifs is 1. The van der Waals surface area contributed by atoms with Crippen molar-refractivity contribution in [3.63, 3.8) is 0 Å². The molecule has 4 heteroatoms. The van der Waals surface area contributed by atoms with Gasteiger partial charge in [-0.15, -0.1) is 0 Å². The molecule has 0 saturated carbocycles. The molecule has 2 aromatic rings. The van der Waals surface area contributed by atoms with E-state index in [4.69, 9.17) is 11.6 Å². The molecule has 0 bridgehead atoms. The van der Waals surface area contributed by atoms with Gasteiger partial charge in [-0.1, -0.05) is 24.3 Å². The van der Waals surface area contributed by atoms with Crippen molar-refractivity contribution in [1.82, 2.24) is 10.4 Å². The predicted octanol–water partition coefficient (Wildman–Crippen LogP) is 2.29. The summed E-state index contributed by atoms with van der Waals surface area (Å²) < 4.78 is 0. The Morgan fingerprint density at radius 2 is 2.05 bits per heavy atom. The largest absolute Gasteiger partial charge is 0.398 e. The Morgan fingerprint density at radius 1 is 1.20 bits per heavy atom. The maximum Gasteiger partial charge on any atom is 0.0564 e. The smallest absolute Gasteiger partial charge is 0.0564 e. The minimum Gasteiger partial charge on any atom is -0.398 e. The number of hydrogen-bond acceptors (Lipinski definition) is 4. The molecule has 2 atom stereocenters. The molecule has 1 aromatic carbocycles. The lowest BCUT2D eigenvalue weighted by Crippen LogP contribution is -2.35. The van der Waals surface area contributed by atoms with Gasteiger partial charge in [-0.05, 0) is 42.5 Å². The van der Waals surface area contributed by atoms with E-state index in [-0.39, 0.29) is 12.0 Å². The molecular weight excluding hydrogens is 248 g/mol. The molecule has 3 rings (SSSR count). The molecular formula is C16H20N4. The number of nitrogens with two attached hydrogens (primary N) is 2. The van der Waals surface area contributed by atoms with Gasteiger partial charge in [-0.3, -0.25) is 16.3 Å². The molecule has 0 saturated heterocycles. The second-order valence-corrected chi connectivity index (χ2v) is 5.32. The highest BCUT2D eigenvalue weighted by molar-refractivity contribution is 5.49. The summed E-state index contributed by atoms with van der Waals surface area (Å²) in [5.41, 5.74) is 13.4. The van der Waals surface area contributed by atoms with Crippen LogP contribution < -0.4 is 17.0 Å². The minimum atomic E-state index is 0.00477. The van der Waals surface area contributed by atoms with Crippen molar-refractivity contribution in [3.8, 4) is 0 Å². The first-order valence-electron chi connectivity index (χ1n) is 7.05. The molecule has 104 valence electrons. The number of benzene rings is 1. The highest BCUT2D eigenvalue weighted by Gasteiger charge is 2.30. The lowest BCUT2D eigenvalue weighted by molar-refractivity contribution is 0.401. The highest BCUT2D eigenvalue weighted by Crippen LogP contribution is 2.40. The average molecular weight is 268 g/mol. The zero-order valence-corrected chi connectivity index (χ0v) is 11.4. The van der Waals surface area contributed by atoms with Crippen LogP contribution in [-0.2, 0) is 6.42 Å². The number of aromatic nitrogens is 1. The Bertz CT molecular complexity index is 597. The van der Waals surface area contributed by atoms with Crippen LogP contribution in [0.1, 0.15) is 41.6 Å². The van der Waals surface area contributed by atoms with Crippen molar-refractivity contribution in [2.75, 3.05) is 5.73 Å². The number of hydrazine groups is 1. The topological polar surface area (TPSA) is 77.0 Å². The summed E-state index contributed by atoms with van der Waals surface area (Å²) in [5, 5.41) is 0. The molecule has 0 fully saturated rings. The molecule has 4 nitrogen and oxygen atoms in total. The number of rotatable bonds is 3. The molecule has 0 spiro atoms. The number of hydrogen-bond donors (Lipinski definition) is 3. The maximum atomic E-state index is 6.11. The van der Waals surface area contributed by atoms with E-state index >= 15 is 0 Å². The van der Waals surface area contributed by atoms with Crippen molar-refractivity contribution in [1.29, 1.82) is 0 Å². The second kappa shape index (κ2) is 5.61. The van der Waals surface area contributed by atoms with Gasteiger partial charge in [0.25, 0.3) is 0 Å². The third kappa shape index (κ3) is 2.28. The van der Waals surface area contributed by atoms with Gasteiger partial charge in [0.15, 0.2) is 0 Å². The zero-order valence-electron chi connectivity index (χ0n) is 11.4. The number of nitrogens with one attached hydrogen (secondary N) is 1. The second-order valence-electron chi connectivity index (χ2n) is 5.32. The van der Waals surface area contributed by atoms with E-state index in [1.165, 1.54) is 5.56 Å². The van der Waals surface area contributed by atoms with Crippen LogP contribution in [0.3, 0.4) is 0 Å². The van der Waals surface area contributed by atoms with Gasteiger partial charge in [0.1, 0.15) is 0 Å². The van der Waals surface area contributed by atoms with Gasteiger partial charge in [0.05, 0.1) is 6.04 Å². The summed E-state index contributed by atoms with van der Waals surface area (Å²) in [6.07, 6.45) is 5.20. The lowest BCUT2D eigenvalue weighted by atomic mass is 9.79. The summed E-state index contributed by atoms with van der Waals surface area (Å²) in [6, 6.07) is 12.1. The van der Waals surface area contributed by atoms with Crippen molar-refractivity contribution >= 4 is 5.69 Å². The molecule has 1 aromatic heterocycles. The standard InChI is InChI=1S/C16H20N4/c17-14-9-2-1-7-12(14)16(20-18)13-8-3-5-11-6-4-10-19-15(11)13/h1-2,4,6-7,9-10,13,16,20H,3,5,8,17-18H2. The normalized spacial score (nSPS) is 19.4. The van der Waals surface area contributed by atoms with E-state index < -0.39 is 0 Å². The quantitative estimate of drug-likeness (QED) is 0.453. The predicted molar refractivity (Wildman–Crippen MR) is 80.8 cm³/mol. The molecule has 0 amide bonds. The summed E-state index contributed by atoms with van der Waals surface area (Å²) in [5.74, 6) is 6.10. The van der Waals surface area contributed by atoms with Gasteiger partial charge in [-0.25, -0.2) is 0 Å². The molecule has 5 N–H and O–H groups in total. The first-order chi connectivity index (χ1) is 9.81. The van der Waals surface area contributed by atoms with Gasteiger partial charge >= 0.3 is 0 Å². The van der Waals surface area contributed by atoms with Crippen LogP contribution in [0.15, 0.2) is 42.6 Å². The van der Waals surface area contributed by atoms with Gasteiger partial charge in [-0.2, -0.15) is 0 Å². The number of aryl methyl sites for hydroxylation is 1. The number of pyridine rings is 1. The average Bonchev–Trinajstić information content (AvgIpc) is 2.50. The van der Waals surface area contributed by atoms with Gasteiger partial charge in [0.2, 0.25) is 0 Å². The van der Waals surface area contributed by atoms with Gasteiger partial charge < -0.3 is 5.73 Å². The van der Waals surface area contributed by atoms with Crippen LogP contribution in [0.4, 0.5) is 5.69 Å². The fourth-order valence-corrected chi connectivity index (χ4v) is 3.19. The third-order valence-electron chi connectivity index (χ3n) is 4.15. The Morgan fingerprint density at radius 3 is 2.85 bits per heavy atom. The fourth-order valence-electron chi connectivity index (χ4n) is 3.19. The molecule has 20 heavy (non-hydrogen) atoms. The summed E-state index contributed by atoms with van der Waals surface area (Å²) in [7, 11) is 0. The first-order valence-corrected chi connectivity index (χ1v) is 7.05. The van der Waals surface area contributed by atoms with Crippen LogP contribution in [0.5, 0.6) is 0 Å². The van der Waals surface area contributed by atoms with Crippen LogP contribution in [-0.4, -0.2) is 4.98 Å². The van der Waals surface area contributed by atoms with Gasteiger partial charge in [0, 0.05) is 23.5 Å². The Labute approximate surface area is 119 Å². The number of nitrogens with zero attached hydrogens (tertiary/aromatic N) is 1. The van der Waals surface area contributed by atoms with E-state index in [0.717, 1.165) is 36.2 Å². The SMILES string of the molecule is NNC(c1ccccc1N)C1CCCc2cccnc21. The van der Waals surface area contributed by atoms with Crippen molar-refractivity contribution in [2.24, 2.45) is 5.84 Å². The van der Waals surface area contributed by atoms with Crippen molar-refractivity contribution in [2.45, 2.75) is 31.2 Å². The Kier molecular flexibility index (Phi) is 3.67. The fraction of sp³-hybridized carbons (Fsp3) is 0.312. The Hall–Kier alpha value is -1.91. The van der Waals surface area contributed by atoms with E-state index in [0.29, 0.717) is 0 Å². The van der Waals surface area contributed by atoms with E-state index in [1.807, 2.05) is 36.5 Å². The molecule has 1 aliphatic rings. The third-order valence-corrected chi connectivity index (χ3v) is 4.15. The number of nitrogen functional groups attached to an aromatic ring is 1. The summed E-state index contributed by atoms with van der Waals surface area (Å²) >= 11 is 0. The van der Waals surface area contributed by atoms with Crippen LogP contribution in [0.25, 0.3) is 0 Å². The summed E-state index contributed by atoms with van der Waals surface area (Å²) in [6.45, 7) is 0. The van der Waals surface area contributed by atoms with E-state index in [2.05, 4.69) is 16.5 Å². The molecule has 2 unspecified atom stereocenters. The molecule has 1 heterocycles. The van der Waals surface area contributed by atoms with Crippen molar-refractivity contribution < 1.29 is 0 Å².